The van der Waals surface area contributed by atoms with Crippen LogP contribution in [0, 0.1) is 5.82 Å². The summed E-state index contributed by atoms with van der Waals surface area (Å²) in [6.07, 6.45) is 1.07. The van der Waals surface area contributed by atoms with Gasteiger partial charge in [-0.15, -0.1) is 0 Å². The molecule has 1 unspecified atom stereocenters. The van der Waals surface area contributed by atoms with Crippen molar-refractivity contribution in [1.82, 2.24) is 9.80 Å². The van der Waals surface area contributed by atoms with E-state index >= 15 is 0 Å². The van der Waals surface area contributed by atoms with Gasteiger partial charge in [0, 0.05) is 32.7 Å². The van der Waals surface area contributed by atoms with Gasteiger partial charge in [-0.2, -0.15) is 0 Å². The first kappa shape index (κ1) is 19.0. The lowest BCUT2D eigenvalue weighted by molar-refractivity contribution is 0.0453. The van der Waals surface area contributed by atoms with Crippen molar-refractivity contribution in [2.45, 2.75) is 19.4 Å². The number of rotatable bonds is 8. The summed E-state index contributed by atoms with van der Waals surface area (Å²) in [6.45, 7) is 9.55. The Morgan fingerprint density at radius 3 is 2.04 bits per heavy atom. The van der Waals surface area contributed by atoms with E-state index in [0.717, 1.165) is 43.9 Å². The predicted octanol–water partition coefficient (Wildman–Crippen LogP) is 3.96. The Morgan fingerprint density at radius 1 is 0.846 bits per heavy atom. The summed E-state index contributed by atoms with van der Waals surface area (Å²) in [4.78, 5) is 5.00. The Balaban J connectivity index is 1.56. The molecule has 3 nitrogen and oxygen atoms in total. The van der Waals surface area contributed by atoms with Crippen molar-refractivity contribution in [2.24, 2.45) is 0 Å². The number of nitrogens with zero attached hydrogens (tertiary/aromatic N) is 2. The van der Waals surface area contributed by atoms with Crippen molar-refractivity contribution < 1.29 is 9.13 Å². The molecular formula is C22H29FN2O. The maximum atomic E-state index is 13.3. The zero-order valence-corrected chi connectivity index (χ0v) is 15.6. The SMILES string of the molecule is CCCN1CCN(CCOC(c2ccccc2)c2ccc(F)cc2)CC1. The minimum atomic E-state index is -0.217. The quantitative estimate of drug-likeness (QED) is 0.712. The molecule has 0 radical (unpaired) electrons. The van der Waals surface area contributed by atoms with Gasteiger partial charge in [0.15, 0.2) is 0 Å². The molecule has 26 heavy (non-hydrogen) atoms. The summed E-state index contributed by atoms with van der Waals surface area (Å²) in [5.41, 5.74) is 2.09. The molecule has 4 heteroatoms. The van der Waals surface area contributed by atoms with Crippen LogP contribution in [0.4, 0.5) is 4.39 Å². The van der Waals surface area contributed by atoms with Crippen LogP contribution in [0.5, 0.6) is 0 Å². The van der Waals surface area contributed by atoms with E-state index in [-0.39, 0.29) is 11.9 Å². The molecule has 1 atom stereocenters. The van der Waals surface area contributed by atoms with Crippen LogP contribution in [0.2, 0.25) is 0 Å². The van der Waals surface area contributed by atoms with E-state index in [1.54, 1.807) is 0 Å². The molecule has 3 rings (SSSR count). The van der Waals surface area contributed by atoms with Crippen LogP contribution >= 0.6 is 0 Å². The largest absolute Gasteiger partial charge is 0.367 e. The van der Waals surface area contributed by atoms with Gasteiger partial charge in [0.1, 0.15) is 11.9 Å². The van der Waals surface area contributed by atoms with E-state index in [0.29, 0.717) is 6.61 Å². The van der Waals surface area contributed by atoms with Crippen LogP contribution in [0.3, 0.4) is 0 Å². The van der Waals surface area contributed by atoms with E-state index in [4.69, 9.17) is 4.74 Å². The molecule has 0 bridgehead atoms. The summed E-state index contributed by atoms with van der Waals surface area (Å²) < 4.78 is 19.5. The summed E-state index contributed by atoms with van der Waals surface area (Å²) in [6, 6.07) is 16.8. The molecule has 1 fully saturated rings. The van der Waals surface area contributed by atoms with Crippen LogP contribution in [0.1, 0.15) is 30.6 Å². The van der Waals surface area contributed by atoms with E-state index in [2.05, 4.69) is 28.9 Å². The number of ether oxygens (including phenoxy) is 1. The fraction of sp³-hybridized carbons (Fsp3) is 0.455. The van der Waals surface area contributed by atoms with Crippen molar-refractivity contribution in [2.75, 3.05) is 45.9 Å². The highest BCUT2D eigenvalue weighted by Crippen LogP contribution is 2.26. The fourth-order valence-electron chi connectivity index (χ4n) is 3.50. The molecule has 0 amide bonds. The van der Waals surface area contributed by atoms with Gasteiger partial charge in [-0.3, -0.25) is 4.90 Å². The highest BCUT2D eigenvalue weighted by molar-refractivity contribution is 5.30. The molecule has 1 saturated heterocycles. The standard InChI is InChI=1S/C22H29FN2O/c1-2-12-24-13-15-25(16-14-24)17-18-26-22(19-6-4-3-5-7-19)20-8-10-21(23)11-9-20/h3-11,22H,2,12-18H2,1H3. The molecule has 0 N–H and O–H groups in total. The van der Waals surface area contributed by atoms with Crippen LogP contribution in [-0.2, 0) is 4.74 Å². The fourth-order valence-corrected chi connectivity index (χ4v) is 3.50. The maximum Gasteiger partial charge on any atom is 0.123 e. The Morgan fingerprint density at radius 2 is 1.42 bits per heavy atom. The number of piperazine rings is 1. The number of hydrogen-bond acceptors (Lipinski definition) is 3. The molecule has 0 spiro atoms. The van der Waals surface area contributed by atoms with Crippen molar-refractivity contribution in [1.29, 1.82) is 0 Å². The lowest BCUT2D eigenvalue weighted by Gasteiger charge is -2.34. The third kappa shape index (κ3) is 5.37. The van der Waals surface area contributed by atoms with E-state index in [1.807, 2.05) is 30.3 Å². The molecule has 1 aliphatic rings. The average Bonchev–Trinajstić information content (AvgIpc) is 2.68. The molecule has 140 valence electrons. The van der Waals surface area contributed by atoms with Crippen molar-refractivity contribution in [3.05, 3.63) is 71.5 Å². The van der Waals surface area contributed by atoms with Crippen LogP contribution in [0.15, 0.2) is 54.6 Å². The van der Waals surface area contributed by atoms with E-state index in [1.165, 1.54) is 25.1 Å². The number of hydrogen-bond donors (Lipinski definition) is 0. The lowest BCUT2D eigenvalue weighted by atomic mass is 10.0. The first-order valence-corrected chi connectivity index (χ1v) is 9.63. The first-order chi connectivity index (χ1) is 12.8. The van der Waals surface area contributed by atoms with Gasteiger partial charge in [-0.05, 0) is 36.2 Å². The maximum absolute atomic E-state index is 13.3. The average molecular weight is 356 g/mol. The van der Waals surface area contributed by atoms with Crippen molar-refractivity contribution in [3.63, 3.8) is 0 Å². The summed E-state index contributed by atoms with van der Waals surface area (Å²) in [7, 11) is 0. The minimum absolute atomic E-state index is 0.154. The molecule has 0 saturated carbocycles. The van der Waals surface area contributed by atoms with Crippen LogP contribution in [-0.4, -0.2) is 55.7 Å². The molecule has 2 aromatic rings. The minimum Gasteiger partial charge on any atom is -0.367 e. The highest BCUT2D eigenvalue weighted by Gasteiger charge is 2.18. The van der Waals surface area contributed by atoms with Gasteiger partial charge in [0.05, 0.1) is 6.61 Å². The smallest absolute Gasteiger partial charge is 0.123 e. The monoisotopic (exact) mass is 356 g/mol. The van der Waals surface area contributed by atoms with Gasteiger partial charge in [-0.1, -0.05) is 49.4 Å². The Labute approximate surface area is 156 Å². The second-order valence-corrected chi connectivity index (χ2v) is 6.90. The van der Waals surface area contributed by atoms with Gasteiger partial charge in [-0.25, -0.2) is 4.39 Å². The Hall–Kier alpha value is -1.75. The molecule has 0 aliphatic carbocycles. The van der Waals surface area contributed by atoms with Crippen LogP contribution in [0.25, 0.3) is 0 Å². The highest BCUT2D eigenvalue weighted by atomic mass is 19.1. The summed E-state index contributed by atoms with van der Waals surface area (Å²) in [5, 5.41) is 0. The van der Waals surface area contributed by atoms with Gasteiger partial charge >= 0.3 is 0 Å². The van der Waals surface area contributed by atoms with Crippen LogP contribution < -0.4 is 0 Å². The molecule has 1 aliphatic heterocycles. The molecule has 2 aromatic carbocycles. The zero-order chi connectivity index (χ0) is 18.2. The van der Waals surface area contributed by atoms with Gasteiger partial charge < -0.3 is 9.64 Å². The Kier molecular flexibility index (Phi) is 7.18. The second kappa shape index (κ2) is 9.81. The zero-order valence-electron chi connectivity index (χ0n) is 15.6. The molecule has 1 heterocycles. The van der Waals surface area contributed by atoms with Gasteiger partial charge in [0.25, 0.3) is 0 Å². The van der Waals surface area contributed by atoms with Crippen molar-refractivity contribution >= 4 is 0 Å². The Bertz CT molecular complexity index is 639. The van der Waals surface area contributed by atoms with E-state index in [9.17, 15) is 4.39 Å². The topological polar surface area (TPSA) is 15.7 Å². The molecule has 0 aromatic heterocycles. The van der Waals surface area contributed by atoms with Crippen molar-refractivity contribution in [3.8, 4) is 0 Å². The van der Waals surface area contributed by atoms with E-state index < -0.39 is 0 Å². The predicted molar refractivity (Wildman–Crippen MR) is 104 cm³/mol. The lowest BCUT2D eigenvalue weighted by Crippen LogP contribution is -2.47. The second-order valence-electron chi connectivity index (χ2n) is 6.90. The third-order valence-electron chi connectivity index (χ3n) is 4.97. The number of benzene rings is 2. The number of halogens is 1. The van der Waals surface area contributed by atoms with Gasteiger partial charge in [0.2, 0.25) is 0 Å². The summed E-state index contributed by atoms with van der Waals surface area (Å²) >= 11 is 0. The third-order valence-corrected chi connectivity index (χ3v) is 4.97. The first-order valence-electron chi connectivity index (χ1n) is 9.63. The normalized spacial score (nSPS) is 17.3. The summed E-state index contributed by atoms with van der Waals surface area (Å²) in [5.74, 6) is -0.217. The molecular weight excluding hydrogens is 327 g/mol.